The number of nitrogens with zero attached hydrogens (tertiary/aromatic N) is 1. The Morgan fingerprint density at radius 3 is 2.14 bits per heavy atom. The number of carbonyl (C=O) groups excluding carboxylic acids is 1. The minimum atomic E-state index is 0.182. The smallest absolute Gasteiger partial charge is 0.129 e. The van der Waals surface area contributed by atoms with Crippen LogP contribution in [0.25, 0.3) is 0 Å². The highest BCUT2D eigenvalue weighted by Crippen LogP contribution is 2.41. The second kappa shape index (κ2) is 6.54. The van der Waals surface area contributed by atoms with Crippen molar-refractivity contribution in [1.29, 1.82) is 0 Å². The van der Waals surface area contributed by atoms with Crippen LogP contribution in [0.5, 0.6) is 0 Å². The minimum absolute atomic E-state index is 0.182. The van der Waals surface area contributed by atoms with Crippen LogP contribution in [-0.2, 0) is 10.2 Å². The lowest BCUT2D eigenvalue weighted by molar-refractivity contribution is -0.117. The molecule has 1 aromatic rings. The molecule has 0 bridgehead atoms. The second-order valence-electron chi connectivity index (χ2n) is 8.01. The Hall–Kier alpha value is -1.15. The number of piperidine rings is 1. The van der Waals surface area contributed by atoms with E-state index < -0.39 is 0 Å². The molecule has 0 saturated carbocycles. The molecule has 1 aromatic carbocycles. The minimum Gasteiger partial charge on any atom is -0.300 e. The number of ketones is 1. The zero-order valence-corrected chi connectivity index (χ0v) is 14.9. The van der Waals surface area contributed by atoms with Gasteiger partial charge in [0.2, 0.25) is 0 Å². The molecule has 0 spiro atoms. The molecule has 2 nitrogen and oxygen atoms in total. The fourth-order valence-electron chi connectivity index (χ4n) is 3.61. The van der Waals surface area contributed by atoms with Gasteiger partial charge in [-0.1, -0.05) is 29.8 Å². The number of aryl methyl sites for hydroxylation is 1. The summed E-state index contributed by atoms with van der Waals surface area (Å²) in [5.74, 6) is 0.310. The van der Waals surface area contributed by atoms with E-state index in [0.717, 1.165) is 32.4 Å². The van der Waals surface area contributed by atoms with Gasteiger partial charge >= 0.3 is 0 Å². The zero-order valence-electron chi connectivity index (χ0n) is 14.9. The van der Waals surface area contributed by atoms with E-state index in [2.05, 4.69) is 56.9 Å². The molecule has 0 unspecified atom stereocenters. The summed E-state index contributed by atoms with van der Waals surface area (Å²) in [5.41, 5.74) is 3.15. The first-order chi connectivity index (χ1) is 10.2. The summed E-state index contributed by atoms with van der Waals surface area (Å²) in [7, 11) is 0. The molecule has 1 saturated heterocycles. The Balaban J connectivity index is 2.21. The van der Waals surface area contributed by atoms with Crippen molar-refractivity contribution in [2.24, 2.45) is 0 Å². The van der Waals surface area contributed by atoms with Crippen molar-refractivity contribution >= 4 is 5.78 Å². The molecular formula is C20H31NO. The molecule has 1 heterocycles. The summed E-state index contributed by atoms with van der Waals surface area (Å²) >= 11 is 0. The number of hydrogen-bond donors (Lipinski definition) is 0. The third-order valence-corrected chi connectivity index (χ3v) is 5.29. The lowest BCUT2D eigenvalue weighted by atomic mass is 9.69. The van der Waals surface area contributed by atoms with Gasteiger partial charge < -0.3 is 4.79 Å². The maximum atomic E-state index is 11.5. The highest BCUT2D eigenvalue weighted by atomic mass is 16.1. The summed E-state index contributed by atoms with van der Waals surface area (Å²) in [4.78, 5) is 14.1. The number of carbonyl (C=O) groups is 1. The number of Topliss-reactive ketones (excluding diaryl/α,β-unsaturated/α-hetero) is 1. The fourth-order valence-corrected chi connectivity index (χ4v) is 3.61. The predicted molar refractivity (Wildman–Crippen MR) is 93.3 cm³/mol. The van der Waals surface area contributed by atoms with E-state index in [1.807, 2.05) is 0 Å². The molecule has 0 N–H and O–H groups in total. The average Bonchev–Trinajstić information content (AvgIpc) is 2.45. The molecule has 0 aromatic heterocycles. The summed E-state index contributed by atoms with van der Waals surface area (Å²) < 4.78 is 0. The monoisotopic (exact) mass is 301 g/mol. The summed E-state index contributed by atoms with van der Waals surface area (Å²) in [5, 5.41) is 0. The summed E-state index contributed by atoms with van der Waals surface area (Å²) in [6.45, 7) is 13.0. The molecule has 1 aliphatic rings. The van der Waals surface area contributed by atoms with E-state index in [-0.39, 0.29) is 11.0 Å². The van der Waals surface area contributed by atoms with Crippen LogP contribution in [-0.4, -0.2) is 29.3 Å². The Kier molecular flexibility index (Phi) is 5.11. The van der Waals surface area contributed by atoms with E-state index in [1.165, 1.54) is 11.1 Å². The zero-order chi connectivity index (χ0) is 16.4. The van der Waals surface area contributed by atoms with Crippen molar-refractivity contribution in [3.05, 3.63) is 35.4 Å². The Bertz CT molecular complexity index is 502. The summed E-state index contributed by atoms with van der Waals surface area (Å²) in [6, 6.07) is 8.98. The van der Waals surface area contributed by atoms with Gasteiger partial charge in [0.1, 0.15) is 5.78 Å². The average molecular weight is 301 g/mol. The van der Waals surface area contributed by atoms with Crippen LogP contribution in [0.2, 0.25) is 0 Å². The molecule has 0 atom stereocenters. The number of benzene rings is 1. The Morgan fingerprint density at radius 1 is 1.14 bits per heavy atom. The van der Waals surface area contributed by atoms with Gasteiger partial charge in [0.05, 0.1) is 0 Å². The normalized spacial score (nSPS) is 19.1. The third kappa shape index (κ3) is 3.98. The maximum Gasteiger partial charge on any atom is 0.129 e. The van der Waals surface area contributed by atoms with Crippen LogP contribution in [0.3, 0.4) is 0 Å². The van der Waals surface area contributed by atoms with E-state index in [9.17, 15) is 4.79 Å². The molecule has 0 radical (unpaired) electrons. The quantitative estimate of drug-likeness (QED) is 0.816. The van der Waals surface area contributed by atoms with Crippen molar-refractivity contribution in [1.82, 2.24) is 4.90 Å². The van der Waals surface area contributed by atoms with E-state index in [0.29, 0.717) is 12.2 Å². The van der Waals surface area contributed by atoms with Crippen molar-refractivity contribution in [2.45, 2.75) is 71.3 Å². The van der Waals surface area contributed by atoms with Crippen LogP contribution in [0.4, 0.5) is 0 Å². The molecule has 0 amide bonds. The highest BCUT2D eigenvalue weighted by Gasteiger charge is 2.38. The molecule has 0 aliphatic carbocycles. The van der Waals surface area contributed by atoms with Crippen LogP contribution < -0.4 is 0 Å². The van der Waals surface area contributed by atoms with Gasteiger partial charge in [0.15, 0.2) is 0 Å². The maximum absolute atomic E-state index is 11.5. The summed E-state index contributed by atoms with van der Waals surface area (Å²) in [6.07, 6.45) is 3.99. The van der Waals surface area contributed by atoms with Gasteiger partial charge in [-0.25, -0.2) is 0 Å². The van der Waals surface area contributed by atoms with Crippen molar-refractivity contribution < 1.29 is 4.79 Å². The van der Waals surface area contributed by atoms with Gasteiger partial charge in [-0.15, -0.1) is 0 Å². The second-order valence-corrected chi connectivity index (χ2v) is 8.01. The van der Waals surface area contributed by atoms with Crippen molar-refractivity contribution in [3.8, 4) is 0 Å². The van der Waals surface area contributed by atoms with E-state index in [4.69, 9.17) is 0 Å². The molecule has 1 fully saturated rings. The first kappa shape index (κ1) is 17.2. The van der Waals surface area contributed by atoms with Crippen LogP contribution in [0, 0.1) is 6.92 Å². The number of hydrogen-bond acceptors (Lipinski definition) is 2. The molecule has 22 heavy (non-hydrogen) atoms. The fraction of sp³-hybridized carbons (Fsp3) is 0.650. The Morgan fingerprint density at radius 2 is 1.68 bits per heavy atom. The molecule has 1 aliphatic heterocycles. The van der Waals surface area contributed by atoms with E-state index in [1.54, 1.807) is 6.92 Å². The highest BCUT2D eigenvalue weighted by molar-refractivity contribution is 5.75. The first-order valence-electron chi connectivity index (χ1n) is 8.55. The van der Waals surface area contributed by atoms with Crippen LogP contribution in [0.1, 0.15) is 64.5 Å². The largest absolute Gasteiger partial charge is 0.300 e. The lowest BCUT2D eigenvalue weighted by Gasteiger charge is -2.47. The number of likely N-dealkylation sites (tertiary alicyclic amines) is 1. The van der Waals surface area contributed by atoms with Gasteiger partial charge in [0.25, 0.3) is 0 Å². The number of rotatable bonds is 4. The van der Waals surface area contributed by atoms with Gasteiger partial charge in [-0.05, 0) is 77.9 Å². The molecule has 2 rings (SSSR count). The van der Waals surface area contributed by atoms with Gasteiger partial charge in [-0.2, -0.15) is 0 Å². The first-order valence-corrected chi connectivity index (χ1v) is 8.55. The van der Waals surface area contributed by atoms with Crippen molar-refractivity contribution in [2.75, 3.05) is 13.1 Å². The van der Waals surface area contributed by atoms with Crippen molar-refractivity contribution in [3.63, 3.8) is 0 Å². The standard InChI is InChI=1S/C20H31NO/c1-16-6-8-18(9-7-16)20(11-10-17(2)22)12-14-21(15-13-20)19(3,4)5/h6-9H,10-15H2,1-5H3. The van der Waals surface area contributed by atoms with Gasteiger partial charge in [-0.3, -0.25) is 4.90 Å². The predicted octanol–water partition coefficient (Wildman–Crippen LogP) is 4.50. The van der Waals surface area contributed by atoms with Crippen LogP contribution >= 0.6 is 0 Å². The molecule has 2 heteroatoms. The molecule has 122 valence electrons. The van der Waals surface area contributed by atoms with Crippen LogP contribution in [0.15, 0.2) is 24.3 Å². The third-order valence-electron chi connectivity index (χ3n) is 5.29. The SMILES string of the molecule is CC(=O)CCC1(c2ccc(C)cc2)CCN(C(C)(C)C)CC1. The van der Waals surface area contributed by atoms with E-state index >= 15 is 0 Å². The molecular weight excluding hydrogens is 270 g/mol. The lowest BCUT2D eigenvalue weighted by Crippen LogP contribution is -2.50. The Labute approximate surface area is 135 Å². The van der Waals surface area contributed by atoms with Gasteiger partial charge in [0, 0.05) is 12.0 Å². The topological polar surface area (TPSA) is 20.3 Å².